The van der Waals surface area contributed by atoms with E-state index in [1.165, 1.54) is 0 Å². The average Bonchev–Trinajstić information content (AvgIpc) is 2.48. The lowest BCUT2D eigenvalue weighted by Gasteiger charge is -2.22. The molecule has 0 saturated carbocycles. The van der Waals surface area contributed by atoms with Gasteiger partial charge in [-0.15, -0.1) is 10.2 Å². The molecule has 0 aromatic carbocycles. The number of ether oxygens (including phenoxy) is 1. The molecule has 4 nitrogen and oxygen atoms in total. The van der Waals surface area contributed by atoms with E-state index in [4.69, 9.17) is 4.74 Å². The highest BCUT2D eigenvalue weighted by Gasteiger charge is 2.16. The Morgan fingerprint density at radius 3 is 2.62 bits per heavy atom. The number of methoxy groups -OCH3 is 1. The summed E-state index contributed by atoms with van der Waals surface area (Å²) in [7, 11) is 1.70. The van der Waals surface area contributed by atoms with Gasteiger partial charge >= 0.3 is 0 Å². The van der Waals surface area contributed by atoms with Gasteiger partial charge in [0.15, 0.2) is 0 Å². The molecule has 1 N–H and O–H groups in total. The summed E-state index contributed by atoms with van der Waals surface area (Å²) in [6, 6.07) is 0. The Hall–Kier alpha value is -0.680. The van der Waals surface area contributed by atoms with Crippen LogP contribution in [0.15, 0.2) is 0 Å². The lowest BCUT2D eigenvalue weighted by atomic mass is 10.1. The van der Waals surface area contributed by atoms with Gasteiger partial charge in [-0.3, -0.25) is 0 Å². The lowest BCUT2D eigenvalue weighted by Crippen LogP contribution is -2.31. The first-order valence-corrected chi connectivity index (χ1v) is 4.94. The molecule has 0 aliphatic heterocycles. The highest BCUT2D eigenvalue weighted by Crippen LogP contribution is 2.15. The lowest BCUT2D eigenvalue weighted by molar-refractivity contribution is 0.0343. The predicted molar refractivity (Wildman–Crippen MR) is 54.2 cm³/mol. The van der Waals surface area contributed by atoms with E-state index in [1.807, 2.05) is 20.8 Å². The summed E-state index contributed by atoms with van der Waals surface area (Å²) in [5.74, 6) is 0. The van der Waals surface area contributed by atoms with Crippen LogP contribution in [-0.4, -0.2) is 29.5 Å². The van der Waals surface area contributed by atoms with Crippen molar-refractivity contribution in [3.05, 3.63) is 5.01 Å². The first-order valence-electron chi connectivity index (χ1n) is 4.12. The van der Waals surface area contributed by atoms with E-state index in [1.54, 1.807) is 18.4 Å². The maximum Gasteiger partial charge on any atom is 0.205 e. The molecule has 0 aliphatic rings. The number of rotatable bonds is 4. The molecule has 0 radical (unpaired) electrons. The molecule has 0 spiro atoms. The van der Waals surface area contributed by atoms with E-state index < -0.39 is 0 Å². The summed E-state index contributed by atoms with van der Waals surface area (Å²) in [4.78, 5) is 0. The normalized spacial score (nSPS) is 11.7. The zero-order valence-electron chi connectivity index (χ0n) is 8.42. The third kappa shape index (κ3) is 3.28. The van der Waals surface area contributed by atoms with E-state index in [2.05, 4.69) is 15.5 Å². The van der Waals surface area contributed by atoms with Gasteiger partial charge in [0.25, 0.3) is 0 Å². The van der Waals surface area contributed by atoms with Gasteiger partial charge in [0.05, 0.1) is 5.60 Å². The fourth-order valence-electron chi connectivity index (χ4n) is 0.729. The minimum Gasteiger partial charge on any atom is -0.377 e. The molecule has 0 unspecified atom stereocenters. The van der Waals surface area contributed by atoms with Crippen molar-refractivity contribution >= 4 is 16.5 Å². The number of aromatic nitrogens is 2. The number of nitrogens with one attached hydrogen (secondary N) is 1. The van der Waals surface area contributed by atoms with Gasteiger partial charge in [-0.1, -0.05) is 11.3 Å². The summed E-state index contributed by atoms with van der Waals surface area (Å²) in [5, 5.41) is 12.9. The highest BCUT2D eigenvalue weighted by atomic mass is 32.1. The third-order valence-corrected chi connectivity index (χ3v) is 2.54. The maximum atomic E-state index is 5.26. The number of nitrogens with zero attached hydrogens (tertiary/aromatic N) is 2. The number of aryl methyl sites for hydroxylation is 1. The Morgan fingerprint density at radius 1 is 1.46 bits per heavy atom. The molecule has 0 fully saturated rings. The van der Waals surface area contributed by atoms with E-state index in [-0.39, 0.29) is 5.60 Å². The molecule has 0 saturated heterocycles. The van der Waals surface area contributed by atoms with Crippen LogP contribution in [0.1, 0.15) is 18.9 Å². The van der Waals surface area contributed by atoms with Crippen molar-refractivity contribution in [3.8, 4) is 0 Å². The zero-order valence-corrected chi connectivity index (χ0v) is 9.23. The van der Waals surface area contributed by atoms with Gasteiger partial charge < -0.3 is 10.1 Å². The van der Waals surface area contributed by atoms with E-state index in [9.17, 15) is 0 Å². The SMILES string of the molecule is COC(C)(C)CNc1nnc(C)s1. The molecule has 74 valence electrons. The molecular formula is C8H15N3OS. The van der Waals surface area contributed by atoms with Crippen molar-refractivity contribution in [1.82, 2.24) is 10.2 Å². The molecule has 1 heterocycles. The molecule has 0 aliphatic carbocycles. The quantitative estimate of drug-likeness (QED) is 0.805. The summed E-state index contributed by atoms with van der Waals surface area (Å²) in [5.41, 5.74) is -0.167. The van der Waals surface area contributed by atoms with Crippen LogP contribution < -0.4 is 5.32 Å². The molecule has 1 rings (SSSR count). The van der Waals surface area contributed by atoms with Crippen LogP contribution in [-0.2, 0) is 4.74 Å². The van der Waals surface area contributed by atoms with Crippen molar-refractivity contribution in [3.63, 3.8) is 0 Å². The van der Waals surface area contributed by atoms with Crippen LogP contribution in [0, 0.1) is 6.92 Å². The van der Waals surface area contributed by atoms with Crippen molar-refractivity contribution in [2.24, 2.45) is 0 Å². The van der Waals surface area contributed by atoms with E-state index in [0.29, 0.717) is 0 Å². The van der Waals surface area contributed by atoms with Gasteiger partial charge in [-0.2, -0.15) is 0 Å². The Balaban J connectivity index is 2.43. The van der Waals surface area contributed by atoms with Gasteiger partial charge in [0.1, 0.15) is 5.01 Å². The van der Waals surface area contributed by atoms with Gasteiger partial charge in [-0.05, 0) is 20.8 Å². The monoisotopic (exact) mass is 201 g/mol. The van der Waals surface area contributed by atoms with Crippen molar-refractivity contribution in [2.75, 3.05) is 19.0 Å². The van der Waals surface area contributed by atoms with Gasteiger partial charge in [-0.25, -0.2) is 0 Å². The number of anilines is 1. The smallest absolute Gasteiger partial charge is 0.205 e. The van der Waals surface area contributed by atoms with Gasteiger partial charge in [0.2, 0.25) is 5.13 Å². The summed E-state index contributed by atoms with van der Waals surface area (Å²) < 4.78 is 5.26. The van der Waals surface area contributed by atoms with Crippen molar-refractivity contribution in [1.29, 1.82) is 0 Å². The zero-order chi connectivity index (χ0) is 9.90. The van der Waals surface area contributed by atoms with E-state index in [0.717, 1.165) is 16.7 Å². The second kappa shape index (κ2) is 4.02. The van der Waals surface area contributed by atoms with Crippen LogP contribution in [0.25, 0.3) is 0 Å². The summed E-state index contributed by atoms with van der Waals surface area (Å²) >= 11 is 1.55. The maximum absolute atomic E-state index is 5.26. The van der Waals surface area contributed by atoms with Crippen LogP contribution in [0.5, 0.6) is 0 Å². The van der Waals surface area contributed by atoms with Crippen molar-refractivity contribution < 1.29 is 4.74 Å². The fraction of sp³-hybridized carbons (Fsp3) is 0.750. The molecule has 0 atom stereocenters. The van der Waals surface area contributed by atoms with Crippen LogP contribution >= 0.6 is 11.3 Å². The van der Waals surface area contributed by atoms with Crippen LogP contribution in [0.4, 0.5) is 5.13 Å². The van der Waals surface area contributed by atoms with E-state index >= 15 is 0 Å². The minimum absolute atomic E-state index is 0.167. The Kier molecular flexibility index (Phi) is 3.22. The first kappa shape index (κ1) is 10.4. The standard InChI is InChI=1S/C8H15N3OS/c1-6-10-11-7(13-6)9-5-8(2,3)12-4/h5H2,1-4H3,(H,9,11). The Bertz CT molecular complexity index is 272. The number of hydrogen-bond donors (Lipinski definition) is 1. The molecule has 13 heavy (non-hydrogen) atoms. The molecular weight excluding hydrogens is 186 g/mol. The topological polar surface area (TPSA) is 47.0 Å². The first-order chi connectivity index (χ1) is 6.03. The predicted octanol–water partition coefficient (Wildman–Crippen LogP) is 1.68. The summed E-state index contributed by atoms with van der Waals surface area (Å²) in [6.07, 6.45) is 0. The minimum atomic E-state index is -0.167. The summed E-state index contributed by atoms with van der Waals surface area (Å²) in [6.45, 7) is 6.71. The molecule has 0 amide bonds. The van der Waals surface area contributed by atoms with Crippen molar-refractivity contribution in [2.45, 2.75) is 26.4 Å². The fourth-order valence-corrected chi connectivity index (χ4v) is 1.32. The average molecular weight is 201 g/mol. The molecule has 1 aromatic heterocycles. The van der Waals surface area contributed by atoms with Gasteiger partial charge in [0, 0.05) is 13.7 Å². The van der Waals surface area contributed by atoms with Crippen LogP contribution in [0.3, 0.4) is 0 Å². The number of hydrogen-bond acceptors (Lipinski definition) is 5. The largest absolute Gasteiger partial charge is 0.377 e. The second-order valence-electron chi connectivity index (χ2n) is 3.44. The highest BCUT2D eigenvalue weighted by molar-refractivity contribution is 7.15. The Morgan fingerprint density at radius 2 is 2.15 bits per heavy atom. The van der Waals surface area contributed by atoms with Crippen LogP contribution in [0.2, 0.25) is 0 Å². The molecule has 0 bridgehead atoms. The second-order valence-corrected chi connectivity index (χ2v) is 4.63. The molecule has 1 aromatic rings. The third-order valence-electron chi connectivity index (χ3n) is 1.74. The molecule has 5 heteroatoms. The Labute approximate surface area is 82.3 Å².